The molecule has 2 N–H and O–H groups in total. The monoisotopic (exact) mass is 422 g/mol. The molecular weight excluding hydrogens is 404 g/mol. The smallest absolute Gasteiger partial charge is 0.141 e. The Balaban J connectivity index is 1.93. The van der Waals surface area contributed by atoms with E-state index in [2.05, 4.69) is 0 Å². The summed E-state index contributed by atoms with van der Waals surface area (Å²) < 4.78 is 18.6. The van der Waals surface area contributed by atoms with E-state index in [1.54, 1.807) is 55.6 Å². The third-order valence-electron chi connectivity index (χ3n) is 4.50. The molecule has 4 aromatic carbocycles. The number of methoxy groups -OCH3 is 1. The van der Waals surface area contributed by atoms with E-state index in [4.69, 9.17) is 4.74 Å². The van der Waals surface area contributed by atoms with E-state index in [1.165, 1.54) is 11.8 Å². The van der Waals surface area contributed by atoms with E-state index < -0.39 is 10.8 Å². The highest BCUT2D eigenvalue weighted by Crippen LogP contribution is 2.49. The highest BCUT2D eigenvalue weighted by molar-refractivity contribution is 8.00. The standard InChI is InChI=1S/C23H18O4S2/c1-27-15-11-13-16(14-12-15)28-22-20(24)18-9-5-6-10-19(18)21(25)23(22)29(26)17-7-3-2-4-8-17/h2-14,24-25H,1H3. The van der Waals surface area contributed by atoms with Gasteiger partial charge < -0.3 is 14.9 Å². The molecule has 0 spiro atoms. The minimum atomic E-state index is -1.67. The fraction of sp³-hybridized carbons (Fsp3) is 0.0435. The number of benzene rings is 4. The molecule has 0 aliphatic rings. The molecule has 0 aromatic heterocycles. The van der Waals surface area contributed by atoms with E-state index in [-0.39, 0.29) is 16.4 Å². The Morgan fingerprint density at radius 2 is 1.38 bits per heavy atom. The lowest BCUT2D eigenvalue weighted by Gasteiger charge is -2.16. The number of ether oxygens (including phenoxy) is 1. The normalized spacial score (nSPS) is 12.0. The van der Waals surface area contributed by atoms with Crippen LogP contribution in [0.1, 0.15) is 0 Å². The SMILES string of the molecule is COc1ccc(Sc2c(S(=O)c3ccccc3)c(O)c3ccccc3c2O)cc1. The van der Waals surface area contributed by atoms with Crippen molar-refractivity contribution in [2.45, 2.75) is 19.6 Å². The largest absolute Gasteiger partial charge is 0.506 e. The van der Waals surface area contributed by atoms with Crippen molar-refractivity contribution in [3.05, 3.63) is 78.9 Å². The van der Waals surface area contributed by atoms with Crippen molar-refractivity contribution in [3.8, 4) is 17.2 Å². The molecule has 0 amide bonds. The fourth-order valence-electron chi connectivity index (χ4n) is 3.05. The van der Waals surface area contributed by atoms with Gasteiger partial charge in [-0.1, -0.05) is 54.2 Å². The average Bonchev–Trinajstić information content (AvgIpc) is 2.78. The third-order valence-corrected chi connectivity index (χ3v) is 7.20. The molecule has 146 valence electrons. The first-order valence-electron chi connectivity index (χ1n) is 8.85. The van der Waals surface area contributed by atoms with Gasteiger partial charge in [-0.05, 0) is 36.4 Å². The number of hydrogen-bond acceptors (Lipinski definition) is 5. The summed E-state index contributed by atoms with van der Waals surface area (Å²) in [6, 6.07) is 23.2. The first-order valence-corrected chi connectivity index (χ1v) is 10.8. The van der Waals surface area contributed by atoms with E-state index in [0.717, 1.165) is 4.90 Å². The topological polar surface area (TPSA) is 66.8 Å². The van der Waals surface area contributed by atoms with Crippen molar-refractivity contribution in [1.82, 2.24) is 0 Å². The summed E-state index contributed by atoms with van der Waals surface area (Å²) >= 11 is 1.25. The van der Waals surface area contributed by atoms with E-state index in [9.17, 15) is 14.4 Å². The molecule has 1 atom stereocenters. The first-order chi connectivity index (χ1) is 14.1. The van der Waals surface area contributed by atoms with Gasteiger partial charge in [0.05, 0.1) is 22.8 Å². The zero-order valence-electron chi connectivity index (χ0n) is 15.5. The number of aromatic hydroxyl groups is 2. The van der Waals surface area contributed by atoms with Gasteiger partial charge in [-0.2, -0.15) is 0 Å². The third kappa shape index (κ3) is 3.69. The maximum absolute atomic E-state index is 13.4. The van der Waals surface area contributed by atoms with Crippen LogP contribution in [0.15, 0.2) is 98.4 Å². The summed E-state index contributed by atoms with van der Waals surface area (Å²) in [5, 5.41) is 23.0. The minimum absolute atomic E-state index is 0.00139. The molecule has 1 unspecified atom stereocenters. The summed E-state index contributed by atoms with van der Waals surface area (Å²) in [5.74, 6) is 0.628. The summed E-state index contributed by atoms with van der Waals surface area (Å²) in [5.41, 5.74) is 0. The molecule has 6 heteroatoms. The molecule has 0 aliphatic heterocycles. The minimum Gasteiger partial charge on any atom is -0.506 e. The second-order valence-electron chi connectivity index (χ2n) is 6.26. The van der Waals surface area contributed by atoms with Gasteiger partial charge in [0.1, 0.15) is 22.1 Å². The van der Waals surface area contributed by atoms with Crippen molar-refractivity contribution >= 4 is 33.3 Å². The molecule has 0 saturated carbocycles. The summed E-state index contributed by atoms with van der Waals surface area (Å²) in [7, 11) is -0.0777. The summed E-state index contributed by atoms with van der Waals surface area (Å²) in [6.07, 6.45) is 0. The second-order valence-corrected chi connectivity index (χ2v) is 8.76. The van der Waals surface area contributed by atoms with Crippen molar-refractivity contribution < 1.29 is 19.2 Å². The predicted molar refractivity (Wildman–Crippen MR) is 116 cm³/mol. The Hall–Kier alpha value is -2.96. The lowest BCUT2D eigenvalue weighted by atomic mass is 10.1. The summed E-state index contributed by atoms with van der Waals surface area (Å²) in [6.45, 7) is 0. The molecule has 0 aliphatic carbocycles. The average molecular weight is 423 g/mol. The molecule has 0 heterocycles. The van der Waals surface area contributed by atoms with Crippen LogP contribution in [-0.4, -0.2) is 21.5 Å². The molecule has 4 nitrogen and oxygen atoms in total. The van der Waals surface area contributed by atoms with E-state index >= 15 is 0 Å². The Kier molecular flexibility index (Phi) is 5.47. The predicted octanol–water partition coefficient (Wildman–Crippen LogP) is 5.58. The molecule has 0 radical (unpaired) electrons. The zero-order chi connectivity index (χ0) is 20.4. The van der Waals surface area contributed by atoms with Crippen molar-refractivity contribution in [2.75, 3.05) is 7.11 Å². The number of hydrogen-bond donors (Lipinski definition) is 2. The number of phenolic OH excluding ortho intramolecular Hbond substituents is 2. The van der Waals surface area contributed by atoms with Gasteiger partial charge in [0, 0.05) is 20.6 Å². The van der Waals surface area contributed by atoms with Crippen LogP contribution in [0.5, 0.6) is 17.2 Å². The van der Waals surface area contributed by atoms with Gasteiger partial charge in [0.25, 0.3) is 0 Å². The highest BCUT2D eigenvalue weighted by Gasteiger charge is 2.25. The quantitative estimate of drug-likeness (QED) is 0.411. The van der Waals surface area contributed by atoms with E-state index in [0.29, 0.717) is 26.3 Å². The van der Waals surface area contributed by atoms with Crippen molar-refractivity contribution in [3.63, 3.8) is 0 Å². The van der Waals surface area contributed by atoms with Crippen LogP contribution in [0.25, 0.3) is 10.8 Å². The van der Waals surface area contributed by atoms with Crippen LogP contribution in [-0.2, 0) is 10.8 Å². The Morgan fingerprint density at radius 3 is 2.00 bits per heavy atom. The lowest BCUT2D eigenvalue weighted by Crippen LogP contribution is -1.98. The molecule has 4 rings (SSSR count). The Bertz CT molecular complexity index is 1190. The van der Waals surface area contributed by atoms with Crippen LogP contribution in [0.3, 0.4) is 0 Å². The number of rotatable bonds is 5. The van der Waals surface area contributed by atoms with Crippen molar-refractivity contribution in [1.29, 1.82) is 0 Å². The van der Waals surface area contributed by atoms with Gasteiger partial charge >= 0.3 is 0 Å². The van der Waals surface area contributed by atoms with Crippen molar-refractivity contribution in [2.24, 2.45) is 0 Å². The number of fused-ring (bicyclic) bond motifs is 1. The van der Waals surface area contributed by atoms with E-state index in [1.807, 2.05) is 30.3 Å². The zero-order valence-corrected chi connectivity index (χ0v) is 17.2. The number of phenols is 2. The van der Waals surface area contributed by atoms with Gasteiger partial charge in [-0.15, -0.1) is 0 Å². The van der Waals surface area contributed by atoms with Gasteiger partial charge in [-0.3, -0.25) is 0 Å². The van der Waals surface area contributed by atoms with Gasteiger partial charge in [0.15, 0.2) is 0 Å². The second kappa shape index (κ2) is 8.19. The van der Waals surface area contributed by atoms with Crippen LogP contribution in [0.4, 0.5) is 0 Å². The van der Waals surface area contributed by atoms with Crippen LogP contribution in [0.2, 0.25) is 0 Å². The highest BCUT2D eigenvalue weighted by atomic mass is 32.2. The fourth-order valence-corrected chi connectivity index (χ4v) is 5.49. The molecule has 0 bridgehead atoms. The molecule has 0 saturated heterocycles. The maximum atomic E-state index is 13.4. The van der Waals surface area contributed by atoms with Gasteiger partial charge in [-0.25, -0.2) is 4.21 Å². The molecule has 4 aromatic rings. The molecule has 29 heavy (non-hydrogen) atoms. The Labute approximate surface area is 175 Å². The lowest BCUT2D eigenvalue weighted by molar-refractivity contribution is 0.414. The maximum Gasteiger partial charge on any atom is 0.141 e. The van der Waals surface area contributed by atoms with Gasteiger partial charge in [0.2, 0.25) is 0 Å². The summed E-state index contributed by atoms with van der Waals surface area (Å²) in [4.78, 5) is 1.94. The van der Waals surface area contributed by atoms with Crippen LogP contribution < -0.4 is 4.74 Å². The first kappa shape index (κ1) is 19.4. The molecular formula is C23H18O4S2. The molecule has 0 fully saturated rings. The van der Waals surface area contributed by atoms with Crippen LogP contribution >= 0.6 is 11.8 Å². The Morgan fingerprint density at radius 1 is 0.793 bits per heavy atom. The van der Waals surface area contributed by atoms with Crippen LogP contribution in [0, 0.1) is 0 Å².